The Labute approximate surface area is 127 Å². The second-order valence-electron chi connectivity index (χ2n) is 5.74. The molecule has 2 aromatic rings. The highest BCUT2D eigenvalue weighted by Gasteiger charge is 2.53. The molecule has 0 amide bonds. The summed E-state index contributed by atoms with van der Waals surface area (Å²) in [4.78, 5) is -1.59. The van der Waals surface area contributed by atoms with Crippen molar-refractivity contribution < 1.29 is 4.21 Å². The third-order valence-corrected chi connectivity index (χ3v) is 5.89. The van der Waals surface area contributed by atoms with Crippen molar-refractivity contribution in [2.45, 2.75) is 30.5 Å². The molecular weight excluding hydrogens is 280 g/mol. The van der Waals surface area contributed by atoms with Crippen LogP contribution < -0.4 is 0 Å². The Morgan fingerprint density at radius 1 is 0.905 bits per heavy atom. The largest absolute Gasteiger partial charge is 0.254 e. The maximum Gasteiger partial charge on any atom is 0.208 e. The highest BCUT2D eigenvalue weighted by atomic mass is 32.2. The molecule has 0 N–H and O–H groups in total. The van der Waals surface area contributed by atoms with Gasteiger partial charge < -0.3 is 0 Å². The van der Waals surface area contributed by atoms with Crippen LogP contribution in [0.25, 0.3) is 0 Å². The molecule has 1 aliphatic rings. The molecule has 0 aromatic heterocycles. The minimum absolute atomic E-state index is 0.682. The fraction of sp³-hybridized carbons (Fsp3) is 0.294. The van der Waals surface area contributed by atoms with Crippen molar-refractivity contribution in [3.05, 3.63) is 71.3 Å². The van der Waals surface area contributed by atoms with Gasteiger partial charge in [-0.2, -0.15) is 10.2 Å². The number of azo groups is 1. The van der Waals surface area contributed by atoms with E-state index in [1.165, 1.54) is 0 Å². The second-order valence-corrected chi connectivity index (χ2v) is 7.87. The van der Waals surface area contributed by atoms with E-state index in [4.69, 9.17) is 0 Å². The van der Waals surface area contributed by atoms with Crippen molar-refractivity contribution in [2.24, 2.45) is 10.2 Å². The summed E-state index contributed by atoms with van der Waals surface area (Å²) in [5, 5.41) is 8.85. The highest BCUT2D eigenvalue weighted by molar-refractivity contribution is 7.87. The Morgan fingerprint density at radius 3 is 2.10 bits per heavy atom. The van der Waals surface area contributed by atoms with E-state index in [2.05, 4.69) is 10.2 Å². The van der Waals surface area contributed by atoms with Crippen LogP contribution in [0, 0.1) is 6.92 Å². The molecule has 0 fully saturated rings. The zero-order chi connectivity index (χ0) is 15.1. The molecular formula is C17H18N2OS. The summed E-state index contributed by atoms with van der Waals surface area (Å²) in [5.74, 6) is 0. The summed E-state index contributed by atoms with van der Waals surface area (Å²) in [6, 6.07) is 17.8. The molecule has 1 aliphatic heterocycles. The third kappa shape index (κ3) is 2.05. The maximum absolute atomic E-state index is 13.2. The predicted molar refractivity (Wildman–Crippen MR) is 85.5 cm³/mol. The quantitative estimate of drug-likeness (QED) is 0.821. The van der Waals surface area contributed by atoms with Gasteiger partial charge in [-0.1, -0.05) is 54.6 Å². The van der Waals surface area contributed by atoms with Crippen LogP contribution in [-0.2, 0) is 15.7 Å². The van der Waals surface area contributed by atoms with Crippen LogP contribution in [0.1, 0.15) is 30.5 Å². The molecule has 1 heterocycles. The first kappa shape index (κ1) is 14.1. The zero-order valence-electron chi connectivity index (χ0n) is 12.4. The summed E-state index contributed by atoms with van der Waals surface area (Å²) in [6.07, 6.45) is 0. The lowest BCUT2D eigenvalue weighted by atomic mass is 9.95. The van der Waals surface area contributed by atoms with E-state index in [0.717, 1.165) is 16.7 Å². The van der Waals surface area contributed by atoms with Crippen LogP contribution in [-0.4, -0.2) is 9.08 Å². The van der Waals surface area contributed by atoms with E-state index >= 15 is 0 Å². The SMILES string of the molecule is Cc1ccccc1[C@]1(c2ccccc2)N=NC(C)(C)[S@@]1=O. The average Bonchev–Trinajstić information content (AvgIpc) is 2.73. The van der Waals surface area contributed by atoms with Crippen molar-refractivity contribution in [1.82, 2.24) is 0 Å². The Kier molecular flexibility index (Phi) is 3.29. The Balaban J connectivity index is 2.31. The number of benzene rings is 2. The lowest BCUT2D eigenvalue weighted by Gasteiger charge is -2.28. The topological polar surface area (TPSA) is 41.8 Å². The predicted octanol–water partition coefficient (Wildman–Crippen LogP) is 4.15. The number of hydrogen-bond acceptors (Lipinski definition) is 3. The first-order valence-electron chi connectivity index (χ1n) is 6.96. The van der Waals surface area contributed by atoms with Crippen molar-refractivity contribution in [3.8, 4) is 0 Å². The van der Waals surface area contributed by atoms with Gasteiger partial charge in [0.2, 0.25) is 4.87 Å². The first-order valence-corrected chi connectivity index (χ1v) is 8.11. The molecule has 0 saturated carbocycles. The summed E-state index contributed by atoms with van der Waals surface area (Å²) in [5.41, 5.74) is 2.96. The van der Waals surface area contributed by atoms with Crippen molar-refractivity contribution in [3.63, 3.8) is 0 Å². The smallest absolute Gasteiger partial charge is 0.208 e. The minimum atomic E-state index is -1.28. The van der Waals surface area contributed by atoms with Gasteiger partial charge >= 0.3 is 0 Å². The first-order chi connectivity index (χ1) is 9.98. The molecule has 0 radical (unpaired) electrons. The lowest BCUT2D eigenvalue weighted by molar-refractivity contribution is 0.638. The van der Waals surface area contributed by atoms with Crippen LogP contribution in [0.4, 0.5) is 0 Å². The van der Waals surface area contributed by atoms with E-state index in [1.807, 2.05) is 75.4 Å². The molecule has 4 heteroatoms. The van der Waals surface area contributed by atoms with E-state index in [0.29, 0.717) is 0 Å². The fourth-order valence-corrected chi connectivity index (χ4v) is 4.45. The van der Waals surface area contributed by atoms with Crippen LogP contribution in [0.5, 0.6) is 0 Å². The molecule has 3 rings (SSSR count). The summed E-state index contributed by atoms with van der Waals surface area (Å²) in [7, 11) is -1.28. The van der Waals surface area contributed by atoms with Crippen LogP contribution in [0.3, 0.4) is 0 Å². The van der Waals surface area contributed by atoms with Gasteiger partial charge in [-0.15, -0.1) is 0 Å². The lowest BCUT2D eigenvalue weighted by Crippen LogP contribution is -2.36. The van der Waals surface area contributed by atoms with Crippen LogP contribution >= 0.6 is 0 Å². The molecule has 2 atom stereocenters. The number of nitrogens with zero attached hydrogens (tertiary/aromatic N) is 2. The minimum Gasteiger partial charge on any atom is -0.254 e. The van der Waals surface area contributed by atoms with Gasteiger partial charge in [-0.25, -0.2) is 0 Å². The van der Waals surface area contributed by atoms with E-state index in [9.17, 15) is 4.21 Å². The number of hydrogen-bond donors (Lipinski definition) is 0. The molecule has 0 bridgehead atoms. The van der Waals surface area contributed by atoms with Gasteiger partial charge in [-0.05, 0) is 31.9 Å². The van der Waals surface area contributed by atoms with Crippen molar-refractivity contribution in [2.75, 3.05) is 0 Å². The summed E-state index contributed by atoms with van der Waals surface area (Å²) >= 11 is 0. The van der Waals surface area contributed by atoms with Gasteiger partial charge in [0.05, 0.1) is 10.8 Å². The van der Waals surface area contributed by atoms with E-state index in [1.54, 1.807) is 0 Å². The summed E-state index contributed by atoms with van der Waals surface area (Å²) < 4.78 is 13.2. The van der Waals surface area contributed by atoms with Gasteiger partial charge in [0.25, 0.3) is 0 Å². The Bertz CT molecular complexity index is 725. The van der Waals surface area contributed by atoms with E-state index in [-0.39, 0.29) is 0 Å². The van der Waals surface area contributed by atoms with Gasteiger partial charge in [0.1, 0.15) is 0 Å². The zero-order valence-corrected chi connectivity index (χ0v) is 13.2. The molecule has 2 aromatic carbocycles. The molecule has 0 unspecified atom stereocenters. The van der Waals surface area contributed by atoms with Gasteiger partial charge in [-0.3, -0.25) is 4.21 Å². The molecule has 0 spiro atoms. The van der Waals surface area contributed by atoms with Crippen LogP contribution in [0.15, 0.2) is 64.8 Å². The molecule has 0 saturated heterocycles. The molecule has 108 valence electrons. The van der Waals surface area contributed by atoms with Crippen LogP contribution in [0.2, 0.25) is 0 Å². The van der Waals surface area contributed by atoms with Gasteiger partial charge in [0.15, 0.2) is 4.87 Å². The molecule has 3 nitrogen and oxygen atoms in total. The maximum atomic E-state index is 13.2. The number of aryl methyl sites for hydroxylation is 1. The highest BCUT2D eigenvalue weighted by Crippen LogP contribution is 2.48. The van der Waals surface area contributed by atoms with Crippen molar-refractivity contribution >= 4 is 10.8 Å². The number of rotatable bonds is 2. The molecule has 21 heavy (non-hydrogen) atoms. The van der Waals surface area contributed by atoms with Crippen molar-refractivity contribution in [1.29, 1.82) is 0 Å². The molecule has 0 aliphatic carbocycles. The Hall–Kier alpha value is -1.81. The van der Waals surface area contributed by atoms with Gasteiger partial charge in [0, 0.05) is 5.56 Å². The Morgan fingerprint density at radius 2 is 1.52 bits per heavy atom. The summed E-state index contributed by atoms with van der Waals surface area (Å²) in [6.45, 7) is 5.77. The normalized spacial score (nSPS) is 26.9. The monoisotopic (exact) mass is 298 g/mol. The second kappa shape index (κ2) is 4.88. The fourth-order valence-electron chi connectivity index (χ4n) is 2.72. The average molecular weight is 298 g/mol. The van der Waals surface area contributed by atoms with E-state index < -0.39 is 20.5 Å². The standard InChI is InChI=1S/C17H18N2OS/c1-13-9-7-8-12-15(13)17(14-10-5-4-6-11-14)19-18-16(2,3)21(17)20/h4-12H,1-3H3/t17-,21+/m1/s1. The third-order valence-electron chi connectivity index (χ3n) is 3.83.